The van der Waals surface area contributed by atoms with Crippen LogP contribution in [0, 0.1) is 11.8 Å². The molecule has 0 radical (unpaired) electrons. The van der Waals surface area contributed by atoms with Gasteiger partial charge < -0.3 is 4.89 Å². The number of carbonyl (C=O) groups excluding carboxylic acids is 2. The summed E-state index contributed by atoms with van der Waals surface area (Å²) in [6.07, 6.45) is 5.61. The maximum atomic E-state index is 11.9. The molecule has 136 valence electrons. The second-order valence-corrected chi connectivity index (χ2v) is 7.33. The molecule has 0 aromatic carbocycles. The molecular formula is C16H31O6P. The number of aldehydes is 1. The third-order valence-corrected chi connectivity index (χ3v) is 4.95. The topological polar surface area (TPSA) is 89.9 Å². The van der Waals surface area contributed by atoms with Crippen LogP contribution in [0.25, 0.3) is 0 Å². The van der Waals surface area contributed by atoms with Crippen molar-refractivity contribution < 1.29 is 28.1 Å². The predicted molar refractivity (Wildman–Crippen MR) is 89.1 cm³/mol. The first-order chi connectivity index (χ1) is 10.9. The van der Waals surface area contributed by atoms with Gasteiger partial charge in [-0.15, -0.1) is 0 Å². The third kappa shape index (κ3) is 11.6. The lowest BCUT2D eigenvalue weighted by molar-refractivity contribution is -0.130. The van der Waals surface area contributed by atoms with Gasteiger partial charge in [0.1, 0.15) is 0 Å². The fourth-order valence-electron chi connectivity index (χ4n) is 2.15. The molecule has 0 aromatic rings. The Morgan fingerprint density at radius 1 is 1.09 bits per heavy atom. The van der Waals surface area contributed by atoms with Crippen molar-refractivity contribution in [2.24, 2.45) is 11.8 Å². The molecule has 0 aliphatic rings. The fourth-order valence-corrected chi connectivity index (χ4v) is 3.02. The monoisotopic (exact) mass is 350 g/mol. The van der Waals surface area contributed by atoms with E-state index in [2.05, 4.69) is 6.92 Å². The van der Waals surface area contributed by atoms with E-state index < -0.39 is 13.6 Å². The van der Waals surface area contributed by atoms with Crippen LogP contribution >= 0.6 is 7.82 Å². The minimum atomic E-state index is -4.07. The van der Waals surface area contributed by atoms with E-state index >= 15 is 0 Å². The minimum absolute atomic E-state index is 0.0438. The lowest BCUT2D eigenvalue weighted by atomic mass is 10.0. The summed E-state index contributed by atoms with van der Waals surface area (Å²) in [5, 5.41) is 0. The van der Waals surface area contributed by atoms with Crippen LogP contribution in [0.4, 0.5) is 0 Å². The Bertz CT molecular complexity index is 385. The molecule has 7 heteroatoms. The zero-order chi connectivity index (χ0) is 17.7. The van der Waals surface area contributed by atoms with Crippen LogP contribution in [-0.4, -0.2) is 30.2 Å². The Morgan fingerprint density at radius 3 is 2.04 bits per heavy atom. The van der Waals surface area contributed by atoms with Crippen LogP contribution in [-0.2, 0) is 23.2 Å². The zero-order valence-electron chi connectivity index (χ0n) is 14.5. The van der Waals surface area contributed by atoms with Crippen molar-refractivity contribution in [3.05, 3.63) is 0 Å². The Labute approximate surface area is 139 Å². The number of hydrogen-bond donors (Lipinski definition) is 1. The maximum absolute atomic E-state index is 11.9. The van der Waals surface area contributed by atoms with Crippen LogP contribution < -0.4 is 0 Å². The van der Waals surface area contributed by atoms with Gasteiger partial charge in [-0.3, -0.25) is 18.6 Å². The summed E-state index contributed by atoms with van der Waals surface area (Å²) >= 11 is 0. The van der Waals surface area contributed by atoms with Gasteiger partial charge in [-0.2, -0.15) is 0 Å². The zero-order valence-corrected chi connectivity index (χ0v) is 15.4. The van der Waals surface area contributed by atoms with Crippen molar-refractivity contribution >= 4 is 19.9 Å². The van der Waals surface area contributed by atoms with E-state index in [9.17, 15) is 19.0 Å². The van der Waals surface area contributed by atoms with E-state index in [0.717, 1.165) is 25.7 Å². The molecule has 0 rings (SSSR count). The van der Waals surface area contributed by atoms with Gasteiger partial charge in [-0.25, -0.2) is 4.57 Å². The van der Waals surface area contributed by atoms with Crippen LogP contribution in [0.15, 0.2) is 0 Å². The summed E-state index contributed by atoms with van der Waals surface area (Å²) in [7, 11) is -4.07. The smallest absolute Gasteiger partial charge is 0.302 e. The van der Waals surface area contributed by atoms with E-state index in [1.807, 2.05) is 13.8 Å². The highest BCUT2D eigenvalue weighted by Crippen LogP contribution is 2.44. The number of carbonyl (C=O) groups is 2. The summed E-state index contributed by atoms with van der Waals surface area (Å²) in [5.41, 5.74) is 0. The molecule has 23 heavy (non-hydrogen) atoms. The van der Waals surface area contributed by atoms with Gasteiger partial charge >= 0.3 is 7.82 Å². The quantitative estimate of drug-likeness (QED) is 0.274. The molecule has 0 aromatic heterocycles. The Kier molecular flexibility index (Phi) is 12.5. The van der Waals surface area contributed by atoms with Crippen molar-refractivity contribution in [1.82, 2.24) is 0 Å². The largest absolute Gasteiger partial charge is 0.472 e. The fraction of sp³-hybridized carbons (Fsp3) is 0.875. The molecular weight excluding hydrogens is 319 g/mol. The van der Waals surface area contributed by atoms with Crippen molar-refractivity contribution in [2.45, 2.75) is 65.7 Å². The predicted octanol–water partition coefficient (Wildman–Crippen LogP) is 3.91. The van der Waals surface area contributed by atoms with E-state index in [1.165, 1.54) is 0 Å². The van der Waals surface area contributed by atoms with Crippen LogP contribution in [0.2, 0.25) is 0 Å². The van der Waals surface area contributed by atoms with Gasteiger partial charge in [0, 0.05) is 6.42 Å². The highest BCUT2D eigenvalue weighted by Gasteiger charge is 2.24. The van der Waals surface area contributed by atoms with Gasteiger partial charge in [0.25, 0.3) is 0 Å². The molecule has 0 spiro atoms. The maximum Gasteiger partial charge on any atom is 0.472 e. The number of phosphoric acid groups is 1. The lowest BCUT2D eigenvalue weighted by Crippen LogP contribution is -2.13. The number of hydrogen-bond acceptors (Lipinski definition) is 5. The second-order valence-electron chi connectivity index (χ2n) is 5.87. The summed E-state index contributed by atoms with van der Waals surface area (Å²) in [6.45, 7) is 6.30. The molecule has 0 fully saturated rings. The molecule has 3 atom stereocenters. The first-order valence-corrected chi connectivity index (χ1v) is 9.97. The summed E-state index contributed by atoms with van der Waals surface area (Å²) < 4.78 is 22.0. The van der Waals surface area contributed by atoms with Gasteiger partial charge in [-0.1, -0.05) is 46.5 Å². The highest BCUT2D eigenvalue weighted by atomic mass is 31.2. The van der Waals surface area contributed by atoms with E-state index in [4.69, 9.17) is 9.05 Å². The normalized spacial score (nSPS) is 16.5. The molecule has 0 saturated heterocycles. The van der Waals surface area contributed by atoms with Gasteiger partial charge in [0.05, 0.1) is 13.2 Å². The molecule has 0 aliphatic carbocycles. The Hall–Kier alpha value is -0.550. The number of phosphoric ester groups is 1. The van der Waals surface area contributed by atoms with Gasteiger partial charge in [-0.05, 0) is 24.7 Å². The molecule has 0 amide bonds. The summed E-state index contributed by atoms with van der Waals surface area (Å²) in [6, 6.07) is 0. The van der Waals surface area contributed by atoms with E-state index in [-0.39, 0.29) is 31.5 Å². The molecule has 3 unspecified atom stereocenters. The Morgan fingerprint density at radius 2 is 1.61 bits per heavy atom. The molecule has 6 nitrogen and oxygen atoms in total. The van der Waals surface area contributed by atoms with Gasteiger partial charge in [0.15, 0.2) is 12.1 Å². The van der Waals surface area contributed by atoms with Crippen LogP contribution in [0.3, 0.4) is 0 Å². The first kappa shape index (κ1) is 22.4. The molecule has 0 saturated carbocycles. The SMILES string of the molecule is CCCCC(CC)COP(=O)(O)OCC(CC)CCC(=O)C=O. The lowest BCUT2D eigenvalue weighted by Gasteiger charge is -2.20. The van der Waals surface area contributed by atoms with Crippen LogP contribution in [0.1, 0.15) is 65.7 Å². The van der Waals surface area contributed by atoms with Crippen molar-refractivity contribution in [3.63, 3.8) is 0 Å². The number of unbranched alkanes of at least 4 members (excludes halogenated alkanes) is 1. The summed E-state index contributed by atoms with van der Waals surface area (Å²) in [5.74, 6) is -0.259. The number of Topliss-reactive ketones (excluding diaryl/α,β-unsaturated/α-hetero) is 1. The average molecular weight is 350 g/mol. The number of rotatable bonds is 15. The van der Waals surface area contributed by atoms with E-state index in [1.54, 1.807) is 0 Å². The van der Waals surface area contributed by atoms with E-state index in [0.29, 0.717) is 19.1 Å². The van der Waals surface area contributed by atoms with Crippen molar-refractivity contribution in [1.29, 1.82) is 0 Å². The van der Waals surface area contributed by atoms with Crippen molar-refractivity contribution in [2.75, 3.05) is 13.2 Å². The van der Waals surface area contributed by atoms with Crippen LogP contribution in [0.5, 0.6) is 0 Å². The highest BCUT2D eigenvalue weighted by molar-refractivity contribution is 7.47. The molecule has 1 N–H and O–H groups in total. The first-order valence-electron chi connectivity index (χ1n) is 8.48. The second kappa shape index (κ2) is 12.8. The molecule has 0 bridgehead atoms. The summed E-state index contributed by atoms with van der Waals surface area (Å²) in [4.78, 5) is 31.0. The minimum Gasteiger partial charge on any atom is -0.302 e. The third-order valence-electron chi connectivity index (χ3n) is 4.00. The van der Waals surface area contributed by atoms with Crippen molar-refractivity contribution in [3.8, 4) is 0 Å². The Balaban J connectivity index is 4.19. The molecule has 0 aliphatic heterocycles. The van der Waals surface area contributed by atoms with Gasteiger partial charge in [0.2, 0.25) is 0 Å². The standard InChI is InChI=1S/C16H31O6P/c1-4-7-8-14(5-2)12-21-23(19,20)22-13-15(6-3)9-10-16(18)11-17/h11,14-15H,4-10,12-13H2,1-3H3,(H,19,20). The average Bonchev–Trinajstić information content (AvgIpc) is 2.54. The molecule has 0 heterocycles. The number of ketones is 1.